The number of nitrogens with zero attached hydrogens (tertiary/aromatic N) is 4. The normalized spacial score (nSPS) is 19.6. The summed E-state index contributed by atoms with van der Waals surface area (Å²) in [5, 5.41) is 2.80. The van der Waals surface area contributed by atoms with Gasteiger partial charge in [0.2, 0.25) is 10.0 Å². The molecule has 1 aromatic heterocycles. The van der Waals surface area contributed by atoms with Gasteiger partial charge < -0.3 is 19.9 Å². The van der Waals surface area contributed by atoms with Gasteiger partial charge in [-0.2, -0.15) is 4.31 Å². The predicted molar refractivity (Wildman–Crippen MR) is 137 cm³/mol. The quantitative estimate of drug-likeness (QED) is 0.288. The number of H-pyrrole nitrogens is 1. The Morgan fingerprint density at radius 3 is 2.72 bits per heavy atom. The monoisotopic (exact) mass is 520 g/mol. The summed E-state index contributed by atoms with van der Waals surface area (Å²) >= 11 is 0. The van der Waals surface area contributed by atoms with E-state index in [0.29, 0.717) is 61.4 Å². The van der Waals surface area contributed by atoms with E-state index in [2.05, 4.69) is 20.6 Å². The van der Waals surface area contributed by atoms with Gasteiger partial charge >= 0.3 is 6.03 Å². The summed E-state index contributed by atoms with van der Waals surface area (Å²) in [6.07, 6.45) is 1.63. The second-order valence-electron chi connectivity index (χ2n) is 9.09. The van der Waals surface area contributed by atoms with Crippen LogP contribution in [0.1, 0.15) is 45.0 Å². The number of fused-ring (bicyclic) bond motifs is 1. The second-order valence-corrected chi connectivity index (χ2v) is 11.0. The first-order valence-corrected chi connectivity index (χ1v) is 13.8. The molecule has 13 heteroatoms. The van der Waals surface area contributed by atoms with Gasteiger partial charge in [-0.05, 0) is 51.1 Å². The third-order valence-corrected chi connectivity index (χ3v) is 8.26. The molecule has 0 spiro atoms. The summed E-state index contributed by atoms with van der Waals surface area (Å²) in [6, 6.07) is 4.55. The van der Waals surface area contributed by atoms with Gasteiger partial charge in [-0.25, -0.2) is 23.6 Å². The van der Waals surface area contributed by atoms with Crippen LogP contribution in [0.25, 0.3) is 11.4 Å². The van der Waals surface area contributed by atoms with Crippen LogP contribution in [0.5, 0.6) is 5.75 Å². The first-order chi connectivity index (χ1) is 17.3. The Bertz CT molecular complexity index is 1180. The maximum atomic E-state index is 13.6. The van der Waals surface area contributed by atoms with Crippen LogP contribution in [-0.4, -0.2) is 80.0 Å². The zero-order valence-corrected chi connectivity index (χ0v) is 21.9. The Balaban J connectivity index is 1.78. The molecule has 1 atom stereocenters. The Labute approximate surface area is 212 Å². The SMILES string of the molecule is CCCOc1ccc(S(=O)(=O)N2CCCN(C)CC2)cc1-c1nc2c([nH]1)C(NN)NC(=O)N2CCC. The molecular formula is C23H36N8O4S. The molecule has 12 nitrogen and oxygen atoms in total. The summed E-state index contributed by atoms with van der Waals surface area (Å²) < 4.78 is 34.6. The van der Waals surface area contributed by atoms with Crippen molar-refractivity contribution in [1.82, 2.24) is 29.9 Å². The maximum Gasteiger partial charge on any atom is 0.324 e. The Kier molecular flexibility index (Phi) is 8.15. The first-order valence-electron chi connectivity index (χ1n) is 12.4. The summed E-state index contributed by atoms with van der Waals surface area (Å²) in [5.41, 5.74) is 3.68. The fourth-order valence-corrected chi connectivity index (χ4v) is 5.94. The van der Waals surface area contributed by atoms with Crippen molar-refractivity contribution in [2.24, 2.45) is 5.84 Å². The first kappa shape index (κ1) is 26.4. The molecule has 1 unspecified atom stereocenters. The molecule has 198 valence electrons. The number of imidazole rings is 1. The number of ether oxygens (including phenoxy) is 1. The number of carbonyl (C=O) groups is 1. The van der Waals surface area contributed by atoms with E-state index in [4.69, 9.17) is 15.6 Å². The summed E-state index contributed by atoms with van der Waals surface area (Å²) in [5.74, 6) is 7.04. The lowest BCUT2D eigenvalue weighted by Crippen LogP contribution is -2.52. The standard InChI is InChI=1S/C23H36N8O4S/c1-4-9-31-22-19(21(28-24)27-23(31)32)25-20(26-22)17-15-16(7-8-18(17)35-14-5-2)36(33,34)30-11-6-10-29(3)12-13-30/h7-8,15,21,28H,4-6,9-14,24H2,1-3H3,(H,25,26)(H,27,32). The van der Waals surface area contributed by atoms with Crippen LogP contribution >= 0.6 is 0 Å². The van der Waals surface area contributed by atoms with Crippen LogP contribution in [0, 0.1) is 0 Å². The molecule has 1 saturated heterocycles. The van der Waals surface area contributed by atoms with Gasteiger partial charge in [0.25, 0.3) is 0 Å². The molecule has 1 fully saturated rings. The fourth-order valence-electron chi connectivity index (χ4n) is 4.44. The zero-order chi connectivity index (χ0) is 25.9. The molecule has 2 aliphatic heterocycles. The lowest BCUT2D eigenvalue weighted by atomic mass is 10.2. The van der Waals surface area contributed by atoms with Crippen LogP contribution in [0.4, 0.5) is 10.6 Å². The van der Waals surface area contributed by atoms with E-state index >= 15 is 0 Å². The van der Waals surface area contributed by atoms with Gasteiger partial charge in [0.1, 0.15) is 17.7 Å². The van der Waals surface area contributed by atoms with Crippen molar-refractivity contribution in [1.29, 1.82) is 0 Å². The van der Waals surface area contributed by atoms with Crippen LogP contribution in [-0.2, 0) is 10.0 Å². The summed E-state index contributed by atoms with van der Waals surface area (Å²) in [4.78, 5) is 24.5. The average Bonchev–Trinajstić information content (AvgIpc) is 3.18. The number of amides is 2. The number of urea groups is 1. The topological polar surface area (TPSA) is 149 Å². The maximum absolute atomic E-state index is 13.6. The number of nitrogens with two attached hydrogens (primary N) is 1. The molecular weight excluding hydrogens is 484 g/mol. The van der Waals surface area contributed by atoms with E-state index in [0.717, 1.165) is 25.8 Å². The van der Waals surface area contributed by atoms with Crippen molar-refractivity contribution < 1.29 is 17.9 Å². The molecule has 0 bridgehead atoms. The van der Waals surface area contributed by atoms with E-state index < -0.39 is 16.2 Å². The minimum atomic E-state index is -3.72. The number of anilines is 1. The van der Waals surface area contributed by atoms with Gasteiger partial charge in [0, 0.05) is 26.2 Å². The number of benzene rings is 1. The highest BCUT2D eigenvalue weighted by molar-refractivity contribution is 7.89. The Morgan fingerprint density at radius 2 is 2.00 bits per heavy atom. The number of rotatable bonds is 9. The van der Waals surface area contributed by atoms with Crippen molar-refractivity contribution in [2.45, 2.75) is 44.2 Å². The van der Waals surface area contributed by atoms with Gasteiger partial charge in [0.15, 0.2) is 5.82 Å². The molecule has 0 radical (unpaired) electrons. The number of likely N-dealkylation sites (N-methyl/N-ethyl adjacent to an activating group) is 1. The Hall–Kier alpha value is -2.71. The van der Waals surface area contributed by atoms with E-state index in [9.17, 15) is 13.2 Å². The number of nitrogens with one attached hydrogen (secondary N) is 3. The number of carbonyl (C=O) groups excluding carboxylic acids is 1. The van der Waals surface area contributed by atoms with Crippen LogP contribution in [0.2, 0.25) is 0 Å². The number of hydrogen-bond acceptors (Lipinski definition) is 8. The van der Waals surface area contributed by atoms with E-state index in [-0.39, 0.29) is 10.9 Å². The number of aromatic nitrogens is 2. The molecule has 2 amide bonds. The van der Waals surface area contributed by atoms with Crippen molar-refractivity contribution in [3.8, 4) is 17.1 Å². The molecule has 1 aromatic carbocycles. The van der Waals surface area contributed by atoms with Gasteiger partial charge in [-0.3, -0.25) is 10.7 Å². The average molecular weight is 521 g/mol. The molecule has 5 N–H and O–H groups in total. The summed E-state index contributed by atoms with van der Waals surface area (Å²) in [7, 11) is -1.72. The number of aromatic amines is 1. The van der Waals surface area contributed by atoms with Crippen molar-refractivity contribution in [2.75, 3.05) is 51.3 Å². The van der Waals surface area contributed by atoms with E-state index in [1.165, 1.54) is 4.31 Å². The van der Waals surface area contributed by atoms with Gasteiger partial charge in [-0.15, -0.1) is 0 Å². The summed E-state index contributed by atoms with van der Waals surface area (Å²) in [6.45, 7) is 7.34. The minimum Gasteiger partial charge on any atom is -0.493 e. The molecule has 4 rings (SSSR count). The largest absolute Gasteiger partial charge is 0.493 e. The molecule has 0 saturated carbocycles. The lowest BCUT2D eigenvalue weighted by Gasteiger charge is -2.30. The number of hydrogen-bond donors (Lipinski definition) is 4. The Morgan fingerprint density at radius 1 is 1.19 bits per heavy atom. The van der Waals surface area contributed by atoms with Crippen molar-refractivity contribution >= 4 is 21.9 Å². The molecule has 3 heterocycles. The highest BCUT2D eigenvalue weighted by Crippen LogP contribution is 2.36. The minimum absolute atomic E-state index is 0.174. The molecule has 36 heavy (non-hydrogen) atoms. The van der Waals surface area contributed by atoms with Crippen LogP contribution < -0.4 is 26.2 Å². The van der Waals surface area contributed by atoms with Crippen LogP contribution in [0.15, 0.2) is 23.1 Å². The number of sulfonamides is 1. The predicted octanol–water partition coefficient (Wildman–Crippen LogP) is 1.59. The zero-order valence-electron chi connectivity index (χ0n) is 21.1. The lowest BCUT2D eigenvalue weighted by molar-refractivity contribution is 0.237. The third-order valence-electron chi connectivity index (χ3n) is 6.37. The molecule has 2 aliphatic rings. The highest BCUT2D eigenvalue weighted by atomic mass is 32.2. The van der Waals surface area contributed by atoms with Crippen molar-refractivity contribution in [3.05, 3.63) is 23.9 Å². The molecule has 0 aliphatic carbocycles. The van der Waals surface area contributed by atoms with Gasteiger partial charge in [-0.1, -0.05) is 13.8 Å². The van der Waals surface area contributed by atoms with Gasteiger partial charge in [0.05, 0.1) is 22.8 Å². The molecule has 2 aromatic rings. The highest BCUT2D eigenvalue weighted by Gasteiger charge is 2.34. The van der Waals surface area contributed by atoms with Crippen molar-refractivity contribution in [3.63, 3.8) is 0 Å². The third kappa shape index (κ3) is 5.20. The fraction of sp³-hybridized carbons (Fsp3) is 0.565. The smallest absolute Gasteiger partial charge is 0.324 e. The van der Waals surface area contributed by atoms with Crippen LogP contribution in [0.3, 0.4) is 0 Å². The van der Waals surface area contributed by atoms with E-state index in [1.54, 1.807) is 23.1 Å². The van der Waals surface area contributed by atoms with E-state index in [1.807, 2.05) is 20.9 Å². The second kappa shape index (κ2) is 11.1. The number of hydrazine groups is 1.